The van der Waals surface area contributed by atoms with Crippen molar-refractivity contribution in [3.63, 3.8) is 0 Å². The third-order valence-electron chi connectivity index (χ3n) is 2.17. The van der Waals surface area contributed by atoms with Crippen LogP contribution in [0.4, 0.5) is 0 Å². The summed E-state index contributed by atoms with van der Waals surface area (Å²) in [5.41, 5.74) is 5.71. The van der Waals surface area contributed by atoms with Gasteiger partial charge in [-0.25, -0.2) is 0 Å². The number of Topliss-reactive ketones (excluding diaryl/α,β-unsaturated/α-hetero) is 1. The van der Waals surface area contributed by atoms with E-state index in [2.05, 4.69) is 13.8 Å². The van der Waals surface area contributed by atoms with Crippen LogP contribution >= 0.6 is 0 Å². The molecule has 0 aliphatic carbocycles. The van der Waals surface area contributed by atoms with Gasteiger partial charge in [0, 0.05) is 5.92 Å². The SMILES string of the molecule is CCCC(C)C(=O)C(N)CCC. The highest BCUT2D eigenvalue weighted by molar-refractivity contribution is 5.85. The first-order valence-electron chi connectivity index (χ1n) is 4.92. The number of ketones is 1. The standard InChI is InChI=1S/C10H21NO/c1-4-6-8(3)10(12)9(11)7-5-2/h8-9H,4-7,11H2,1-3H3. The molecule has 0 aromatic rings. The molecule has 0 fully saturated rings. The molecule has 0 amide bonds. The fraction of sp³-hybridized carbons (Fsp3) is 0.900. The predicted molar refractivity (Wildman–Crippen MR) is 52.0 cm³/mol. The van der Waals surface area contributed by atoms with E-state index < -0.39 is 0 Å². The number of rotatable bonds is 6. The summed E-state index contributed by atoms with van der Waals surface area (Å²) >= 11 is 0. The molecule has 0 rings (SSSR count). The first kappa shape index (κ1) is 11.6. The lowest BCUT2D eigenvalue weighted by molar-refractivity contribution is -0.124. The molecule has 0 heterocycles. The summed E-state index contributed by atoms with van der Waals surface area (Å²) < 4.78 is 0. The Hall–Kier alpha value is -0.370. The maximum atomic E-state index is 11.5. The van der Waals surface area contributed by atoms with Crippen LogP contribution in [0.25, 0.3) is 0 Å². The molecule has 0 aromatic heterocycles. The van der Waals surface area contributed by atoms with Crippen LogP contribution in [-0.4, -0.2) is 11.8 Å². The molecule has 2 heteroatoms. The minimum atomic E-state index is -0.225. The van der Waals surface area contributed by atoms with Crippen LogP contribution in [0.1, 0.15) is 46.5 Å². The summed E-state index contributed by atoms with van der Waals surface area (Å²) in [7, 11) is 0. The second-order valence-corrected chi connectivity index (χ2v) is 3.49. The first-order chi connectivity index (χ1) is 5.63. The molecule has 0 spiro atoms. The van der Waals surface area contributed by atoms with Gasteiger partial charge in [0.25, 0.3) is 0 Å². The van der Waals surface area contributed by atoms with Crippen molar-refractivity contribution < 1.29 is 4.79 Å². The molecule has 72 valence electrons. The number of hydrogen-bond acceptors (Lipinski definition) is 2. The molecule has 2 atom stereocenters. The van der Waals surface area contributed by atoms with E-state index in [1.54, 1.807) is 0 Å². The third kappa shape index (κ3) is 3.86. The Morgan fingerprint density at radius 1 is 1.25 bits per heavy atom. The van der Waals surface area contributed by atoms with Crippen molar-refractivity contribution in [2.45, 2.75) is 52.5 Å². The van der Waals surface area contributed by atoms with Gasteiger partial charge in [-0.1, -0.05) is 33.6 Å². The molecule has 2 unspecified atom stereocenters. The molecule has 0 aliphatic heterocycles. The predicted octanol–water partition coefficient (Wildman–Crippen LogP) is 2.12. The van der Waals surface area contributed by atoms with Gasteiger partial charge < -0.3 is 5.73 Å². The van der Waals surface area contributed by atoms with Crippen molar-refractivity contribution in [2.75, 3.05) is 0 Å². The van der Waals surface area contributed by atoms with E-state index in [9.17, 15) is 4.79 Å². The molecular weight excluding hydrogens is 150 g/mol. The van der Waals surface area contributed by atoms with Gasteiger partial charge in [0.15, 0.2) is 5.78 Å². The summed E-state index contributed by atoms with van der Waals surface area (Å²) in [5.74, 6) is 0.384. The normalized spacial score (nSPS) is 15.7. The highest BCUT2D eigenvalue weighted by Gasteiger charge is 2.18. The van der Waals surface area contributed by atoms with Gasteiger partial charge in [-0.15, -0.1) is 0 Å². The third-order valence-corrected chi connectivity index (χ3v) is 2.17. The van der Waals surface area contributed by atoms with Crippen molar-refractivity contribution in [1.82, 2.24) is 0 Å². The summed E-state index contributed by atoms with van der Waals surface area (Å²) in [6.07, 6.45) is 3.85. The fourth-order valence-electron chi connectivity index (χ4n) is 1.39. The number of nitrogens with two attached hydrogens (primary N) is 1. The van der Waals surface area contributed by atoms with E-state index in [0.29, 0.717) is 0 Å². The van der Waals surface area contributed by atoms with Crippen LogP contribution in [0.2, 0.25) is 0 Å². The molecule has 0 aromatic carbocycles. The topological polar surface area (TPSA) is 43.1 Å². The molecule has 2 nitrogen and oxygen atoms in total. The summed E-state index contributed by atoms with van der Waals surface area (Å²) in [4.78, 5) is 11.5. The Kier molecular flexibility index (Phi) is 5.99. The highest BCUT2D eigenvalue weighted by atomic mass is 16.1. The van der Waals surface area contributed by atoms with Crippen LogP contribution in [-0.2, 0) is 4.79 Å². The Balaban J connectivity index is 3.82. The molecular formula is C10H21NO. The number of hydrogen-bond donors (Lipinski definition) is 1. The Morgan fingerprint density at radius 3 is 2.17 bits per heavy atom. The lowest BCUT2D eigenvalue weighted by Crippen LogP contribution is -2.34. The molecule has 0 saturated carbocycles. The van der Waals surface area contributed by atoms with E-state index in [1.165, 1.54) is 0 Å². The first-order valence-corrected chi connectivity index (χ1v) is 4.92. The molecule has 0 aliphatic rings. The van der Waals surface area contributed by atoms with Crippen LogP contribution in [0.15, 0.2) is 0 Å². The number of carbonyl (C=O) groups is 1. The minimum absolute atomic E-state index is 0.150. The second kappa shape index (κ2) is 6.18. The van der Waals surface area contributed by atoms with Crippen LogP contribution < -0.4 is 5.73 Å². The lowest BCUT2D eigenvalue weighted by Gasteiger charge is -2.14. The fourth-order valence-corrected chi connectivity index (χ4v) is 1.39. The summed E-state index contributed by atoms with van der Waals surface area (Å²) in [6.45, 7) is 6.12. The minimum Gasteiger partial charge on any atom is -0.321 e. The maximum absolute atomic E-state index is 11.5. The second-order valence-electron chi connectivity index (χ2n) is 3.49. The van der Waals surface area contributed by atoms with Crippen LogP contribution in [0, 0.1) is 5.92 Å². The molecule has 0 saturated heterocycles. The average molecular weight is 171 g/mol. The van der Waals surface area contributed by atoms with Crippen molar-refractivity contribution in [3.8, 4) is 0 Å². The molecule has 12 heavy (non-hydrogen) atoms. The molecule has 0 radical (unpaired) electrons. The van der Waals surface area contributed by atoms with Crippen molar-refractivity contribution in [3.05, 3.63) is 0 Å². The van der Waals surface area contributed by atoms with Crippen molar-refractivity contribution in [2.24, 2.45) is 11.7 Å². The van der Waals surface area contributed by atoms with Crippen LogP contribution in [0.3, 0.4) is 0 Å². The zero-order valence-corrected chi connectivity index (χ0v) is 8.47. The van der Waals surface area contributed by atoms with Gasteiger partial charge >= 0.3 is 0 Å². The quantitative estimate of drug-likeness (QED) is 0.665. The van der Waals surface area contributed by atoms with Crippen LogP contribution in [0.5, 0.6) is 0 Å². The maximum Gasteiger partial charge on any atom is 0.152 e. The van der Waals surface area contributed by atoms with E-state index in [1.807, 2.05) is 6.92 Å². The average Bonchev–Trinajstić information content (AvgIpc) is 2.04. The van der Waals surface area contributed by atoms with Gasteiger partial charge in [-0.2, -0.15) is 0 Å². The lowest BCUT2D eigenvalue weighted by atomic mass is 9.94. The van der Waals surface area contributed by atoms with Gasteiger partial charge in [0.05, 0.1) is 6.04 Å². The van der Waals surface area contributed by atoms with Crippen molar-refractivity contribution in [1.29, 1.82) is 0 Å². The smallest absolute Gasteiger partial charge is 0.152 e. The van der Waals surface area contributed by atoms with Gasteiger partial charge in [0.2, 0.25) is 0 Å². The Labute approximate surface area is 75.5 Å². The molecule has 2 N–H and O–H groups in total. The van der Waals surface area contributed by atoms with E-state index in [-0.39, 0.29) is 17.7 Å². The summed E-state index contributed by atoms with van der Waals surface area (Å²) in [6, 6.07) is -0.225. The summed E-state index contributed by atoms with van der Waals surface area (Å²) in [5, 5.41) is 0. The highest BCUT2D eigenvalue weighted by Crippen LogP contribution is 2.10. The van der Waals surface area contributed by atoms with E-state index in [0.717, 1.165) is 25.7 Å². The van der Waals surface area contributed by atoms with Gasteiger partial charge in [0.1, 0.15) is 0 Å². The molecule has 0 bridgehead atoms. The van der Waals surface area contributed by atoms with Gasteiger partial charge in [-0.05, 0) is 12.8 Å². The zero-order chi connectivity index (χ0) is 9.56. The largest absolute Gasteiger partial charge is 0.321 e. The number of carbonyl (C=O) groups excluding carboxylic acids is 1. The zero-order valence-electron chi connectivity index (χ0n) is 8.47. The Morgan fingerprint density at radius 2 is 1.75 bits per heavy atom. The monoisotopic (exact) mass is 171 g/mol. The Bertz CT molecular complexity index is 120. The van der Waals surface area contributed by atoms with Gasteiger partial charge in [-0.3, -0.25) is 4.79 Å². The van der Waals surface area contributed by atoms with E-state index in [4.69, 9.17) is 5.73 Å². The van der Waals surface area contributed by atoms with Crippen molar-refractivity contribution >= 4 is 5.78 Å². The van der Waals surface area contributed by atoms with E-state index >= 15 is 0 Å².